The van der Waals surface area contributed by atoms with Gasteiger partial charge in [-0.25, -0.2) is 0 Å². The molecule has 0 bridgehead atoms. The van der Waals surface area contributed by atoms with Gasteiger partial charge in [0.1, 0.15) is 0 Å². The summed E-state index contributed by atoms with van der Waals surface area (Å²) in [6.45, 7) is 12.9. The average Bonchev–Trinajstić information content (AvgIpc) is 2.19. The van der Waals surface area contributed by atoms with Crippen molar-refractivity contribution < 1.29 is 0 Å². The second-order valence-electron chi connectivity index (χ2n) is 3.50. The molecule has 2 nitrogen and oxygen atoms in total. The minimum absolute atomic E-state index is 0.814. The molecule has 1 aliphatic rings. The molecule has 1 rings (SSSR count). The lowest BCUT2D eigenvalue weighted by Crippen LogP contribution is -2.28. The summed E-state index contributed by atoms with van der Waals surface area (Å²) in [6, 6.07) is 0. The number of hydrogen-bond donors (Lipinski definition) is 0. The lowest BCUT2D eigenvalue weighted by molar-refractivity contribution is 0.460. The zero-order chi connectivity index (χ0) is 11.1. The van der Waals surface area contributed by atoms with Crippen LogP contribution in [0.25, 0.3) is 0 Å². The van der Waals surface area contributed by atoms with Gasteiger partial charge >= 0.3 is 0 Å². The van der Waals surface area contributed by atoms with E-state index in [-0.39, 0.29) is 0 Å². The highest BCUT2D eigenvalue weighted by molar-refractivity contribution is 5.89. The summed E-state index contributed by atoms with van der Waals surface area (Å²) in [5.74, 6) is 0. The van der Waals surface area contributed by atoms with Crippen molar-refractivity contribution in [2.75, 3.05) is 13.1 Å². The van der Waals surface area contributed by atoms with Crippen molar-refractivity contribution in [3.63, 3.8) is 0 Å². The van der Waals surface area contributed by atoms with E-state index >= 15 is 0 Å². The highest BCUT2D eigenvalue weighted by atomic mass is 15.1. The molecule has 0 aliphatic carbocycles. The van der Waals surface area contributed by atoms with Crippen molar-refractivity contribution in [2.45, 2.75) is 12.8 Å². The van der Waals surface area contributed by atoms with Gasteiger partial charge in [-0.05, 0) is 0 Å². The first kappa shape index (κ1) is 11.5. The third-order valence-corrected chi connectivity index (χ3v) is 2.12. The van der Waals surface area contributed by atoms with Crippen molar-refractivity contribution in [2.24, 2.45) is 4.99 Å². The first-order valence-corrected chi connectivity index (χ1v) is 5.14. The topological polar surface area (TPSA) is 15.6 Å². The zero-order valence-corrected chi connectivity index (χ0v) is 9.15. The monoisotopic (exact) mass is 202 g/mol. The number of aliphatic imine (C=N–C) groups is 1. The van der Waals surface area contributed by atoms with Gasteiger partial charge < -0.3 is 4.90 Å². The molecule has 0 saturated heterocycles. The Morgan fingerprint density at radius 2 is 1.93 bits per heavy atom. The molecule has 0 atom stereocenters. The predicted octanol–water partition coefficient (Wildman–Crippen LogP) is 2.92. The maximum atomic E-state index is 4.55. The zero-order valence-electron chi connectivity index (χ0n) is 9.15. The van der Waals surface area contributed by atoms with Gasteiger partial charge in [-0.2, -0.15) is 0 Å². The fourth-order valence-electron chi connectivity index (χ4n) is 1.56. The van der Waals surface area contributed by atoms with Crippen LogP contribution in [0.4, 0.5) is 0 Å². The molecule has 0 unspecified atom stereocenters. The molecule has 0 spiro atoms. The second kappa shape index (κ2) is 6.02. The van der Waals surface area contributed by atoms with Gasteiger partial charge in [-0.15, -0.1) is 19.7 Å². The second-order valence-corrected chi connectivity index (χ2v) is 3.50. The average molecular weight is 202 g/mol. The molecule has 0 fully saturated rings. The number of nitrogens with zero attached hydrogens (tertiary/aromatic N) is 2. The molecule has 1 heterocycles. The van der Waals surface area contributed by atoms with Crippen LogP contribution >= 0.6 is 0 Å². The lowest BCUT2D eigenvalue weighted by atomic mass is 10.2. The summed E-state index contributed by atoms with van der Waals surface area (Å²) in [6.07, 6.45) is 9.41. The van der Waals surface area contributed by atoms with E-state index in [0.717, 1.165) is 37.3 Å². The third-order valence-electron chi connectivity index (χ3n) is 2.12. The Hall–Kier alpha value is -1.57. The molecule has 0 aromatic rings. The summed E-state index contributed by atoms with van der Waals surface area (Å²) in [7, 11) is 0. The molecular formula is C13H18N2. The van der Waals surface area contributed by atoms with Gasteiger partial charge in [0.15, 0.2) is 0 Å². The highest BCUT2D eigenvalue weighted by Gasteiger charge is 2.10. The fraction of sp³-hybridized carbons (Fsp3) is 0.308. The summed E-state index contributed by atoms with van der Waals surface area (Å²) >= 11 is 0. The number of hydrogen-bond acceptors (Lipinski definition) is 2. The molecule has 0 saturated carbocycles. The van der Waals surface area contributed by atoms with E-state index in [1.807, 2.05) is 18.2 Å². The van der Waals surface area contributed by atoms with Crippen LogP contribution in [-0.2, 0) is 0 Å². The van der Waals surface area contributed by atoms with Gasteiger partial charge in [0.25, 0.3) is 0 Å². The van der Waals surface area contributed by atoms with Gasteiger partial charge in [0.05, 0.1) is 12.2 Å². The molecule has 80 valence electrons. The molecule has 2 heteroatoms. The van der Waals surface area contributed by atoms with Gasteiger partial charge in [-0.1, -0.05) is 18.2 Å². The van der Waals surface area contributed by atoms with Crippen molar-refractivity contribution >= 4 is 5.71 Å². The van der Waals surface area contributed by atoms with E-state index < -0.39 is 0 Å². The van der Waals surface area contributed by atoms with Crippen molar-refractivity contribution in [1.29, 1.82) is 0 Å². The maximum absolute atomic E-state index is 4.55. The van der Waals surface area contributed by atoms with E-state index in [1.165, 1.54) is 0 Å². The molecular weight excluding hydrogens is 184 g/mol. The van der Waals surface area contributed by atoms with Crippen molar-refractivity contribution in [3.8, 4) is 0 Å². The van der Waals surface area contributed by atoms with Gasteiger partial charge in [-0.3, -0.25) is 4.99 Å². The van der Waals surface area contributed by atoms with Gasteiger partial charge in [0.2, 0.25) is 0 Å². The minimum Gasteiger partial charge on any atom is -0.367 e. The van der Waals surface area contributed by atoms with Crippen LogP contribution in [0.1, 0.15) is 12.8 Å². The van der Waals surface area contributed by atoms with E-state index in [0.29, 0.717) is 0 Å². The van der Waals surface area contributed by atoms with E-state index in [4.69, 9.17) is 0 Å². The van der Waals surface area contributed by atoms with Crippen molar-refractivity contribution in [3.05, 3.63) is 49.9 Å². The Morgan fingerprint density at radius 3 is 2.53 bits per heavy atom. The lowest BCUT2D eigenvalue weighted by Gasteiger charge is -2.24. The predicted molar refractivity (Wildman–Crippen MR) is 66.9 cm³/mol. The first-order chi connectivity index (χ1) is 7.30. The molecule has 1 aliphatic heterocycles. The van der Waals surface area contributed by atoms with Crippen LogP contribution < -0.4 is 0 Å². The van der Waals surface area contributed by atoms with Crippen LogP contribution in [0.3, 0.4) is 0 Å². The first-order valence-electron chi connectivity index (χ1n) is 5.14. The Bertz CT molecular complexity index is 310. The Balaban J connectivity index is 2.75. The SMILES string of the molecule is C=CCC1=CN(CC=C)CC(CC=C)=N1. The Labute approximate surface area is 92.0 Å². The van der Waals surface area contributed by atoms with Crippen LogP contribution in [-0.4, -0.2) is 23.7 Å². The number of rotatable bonds is 6. The third kappa shape index (κ3) is 3.58. The maximum Gasteiger partial charge on any atom is 0.0599 e. The van der Waals surface area contributed by atoms with Crippen LogP contribution in [0, 0.1) is 0 Å². The largest absolute Gasteiger partial charge is 0.367 e. The molecule has 0 amide bonds. The standard InChI is InChI=1S/C13H18N2/c1-4-7-12-10-15(9-6-3)11-13(14-12)8-5-2/h4-6,10H,1-3,7-9,11H2. The quantitative estimate of drug-likeness (QED) is 0.605. The summed E-state index contributed by atoms with van der Waals surface area (Å²) in [4.78, 5) is 6.76. The van der Waals surface area contributed by atoms with Crippen LogP contribution in [0.5, 0.6) is 0 Å². The molecule has 0 N–H and O–H groups in total. The van der Waals surface area contributed by atoms with Crippen molar-refractivity contribution in [1.82, 2.24) is 4.90 Å². The summed E-state index contributed by atoms with van der Waals surface area (Å²) in [5, 5.41) is 0. The van der Waals surface area contributed by atoms with E-state index in [9.17, 15) is 0 Å². The number of allylic oxidation sites excluding steroid dienone is 2. The fourth-order valence-corrected chi connectivity index (χ4v) is 1.56. The van der Waals surface area contributed by atoms with Crippen LogP contribution in [0.15, 0.2) is 54.9 Å². The molecule has 15 heavy (non-hydrogen) atoms. The molecule has 0 aromatic carbocycles. The van der Waals surface area contributed by atoms with E-state index in [1.54, 1.807) is 0 Å². The Kier molecular flexibility index (Phi) is 4.61. The highest BCUT2D eigenvalue weighted by Crippen LogP contribution is 2.13. The molecule has 0 aromatic heterocycles. The van der Waals surface area contributed by atoms with Gasteiger partial charge in [0, 0.05) is 31.3 Å². The van der Waals surface area contributed by atoms with E-state index in [2.05, 4.69) is 35.8 Å². The Morgan fingerprint density at radius 1 is 1.20 bits per heavy atom. The smallest absolute Gasteiger partial charge is 0.0599 e. The molecule has 0 radical (unpaired) electrons. The summed E-state index contributed by atoms with van der Waals surface area (Å²) < 4.78 is 0. The van der Waals surface area contributed by atoms with Crippen LogP contribution in [0.2, 0.25) is 0 Å². The summed E-state index contributed by atoms with van der Waals surface area (Å²) in [5.41, 5.74) is 2.22. The normalized spacial score (nSPS) is 15.3. The minimum atomic E-state index is 0.814.